The Hall–Kier alpha value is -3.10. The van der Waals surface area contributed by atoms with Crippen molar-refractivity contribution in [2.24, 2.45) is 5.92 Å². The molecule has 2 N–H and O–H groups in total. The molecule has 1 saturated carbocycles. The van der Waals surface area contributed by atoms with Gasteiger partial charge in [-0.2, -0.15) is 0 Å². The van der Waals surface area contributed by atoms with Crippen LogP contribution in [-0.4, -0.2) is 60.1 Å². The van der Waals surface area contributed by atoms with Gasteiger partial charge >= 0.3 is 12.1 Å². The third-order valence-electron chi connectivity index (χ3n) is 5.68. The number of methoxy groups -OCH3 is 1. The summed E-state index contributed by atoms with van der Waals surface area (Å²) in [5, 5.41) is 5.32. The summed E-state index contributed by atoms with van der Waals surface area (Å²) in [6.07, 6.45) is 0.794. The second-order valence-electron chi connectivity index (χ2n) is 10.4. The number of hydrogen-bond donors (Lipinski definition) is 2. The van der Waals surface area contributed by atoms with E-state index in [4.69, 9.17) is 4.74 Å². The fraction of sp³-hybridized carbons (Fsp3) is 0.615. The highest BCUT2D eigenvalue weighted by molar-refractivity contribution is 5.94. The van der Waals surface area contributed by atoms with E-state index in [1.165, 1.54) is 7.11 Å². The van der Waals surface area contributed by atoms with Gasteiger partial charge in [0.15, 0.2) is 0 Å². The Morgan fingerprint density at radius 3 is 2.23 bits per heavy atom. The lowest BCUT2D eigenvalue weighted by molar-refractivity contribution is -0.145. The third-order valence-corrected chi connectivity index (χ3v) is 5.68. The predicted molar refractivity (Wildman–Crippen MR) is 132 cm³/mol. The monoisotopic (exact) mass is 489 g/mol. The molecule has 3 amide bonds. The minimum absolute atomic E-state index is 0.154. The number of amides is 3. The van der Waals surface area contributed by atoms with Crippen LogP contribution in [0, 0.1) is 19.8 Å². The number of nitrogens with one attached hydrogen (secondary N) is 2. The summed E-state index contributed by atoms with van der Waals surface area (Å²) in [5.41, 5.74) is 1.82. The van der Waals surface area contributed by atoms with Crippen LogP contribution in [0.2, 0.25) is 0 Å². The largest absolute Gasteiger partial charge is 0.468 e. The van der Waals surface area contributed by atoms with Gasteiger partial charge in [0, 0.05) is 6.04 Å². The Morgan fingerprint density at radius 2 is 1.74 bits per heavy atom. The number of carbonyl (C=O) groups excluding carboxylic acids is 4. The molecule has 9 nitrogen and oxygen atoms in total. The molecule has 1 aromatic carbocycles. The first kappa shape index (κ1) is 28.1. The zero-order chi connectivity index (χ0) is 26.5. The van der Waals surface area contributed by atoms with Crippen molar-refractivity contribution in [2.45, 2.75) is 85.0 Å². The molecule has 0 bridgehead atoms. The molecule has 1 fully saturated rings. The maximum Gasteiger partial charge on any atom is 0.408 e. The Bertz CT molecular complexity index is 949. The average Bonchev–Trinajstić information content (AvgIpc) is 3.57. The Labute approximate surface area is 207 Å². The van der Waals surface area contributed by atoms with Crippen molar-refractivity contribution in [2.75, 3.05) is 13.7 Å². The fourth-order valence-corrected chi connectivity index (χ4v) is 3.86. The van der Waals surface area contributed by atoms with Gasteiger partial charge in [-0.25, -0.2) is 4.79 Å². The molecule has 2 rings (SSSR count). The van der Waals surface area contributed by atoms with Gasteiger partial charge in [0.1, 0.15) is 24.2 Å². The molecule has 0 radical (unpaired) electrons. The van der Waals surface area contributed by atoms with Crippen LogP contribution in [0.25, 0.3) is 0 Å². The standard InChI is InChI=1S/C26H39N3O6/c1-15(2)21(28-25(33)35-26(5,6)7)24(32)29(18-10-11-18)22(23(31)27-14-20(30)34-8)19-12-9-16(3)13-17(19)4/h9,12-13,15,18,21-22H,10-11,14H2,1-8H3,(H,27,31)(H,28,33). The lowest BCUT2D eigenvalue weighted by Gasteiger charge is -2.36. The van der Waals surface area contributed by atoms with Crippen molar-refractivity contribution in [3.05, 3.63) is 34.9 Å². The second-order valence-corrected chi connectivity index (χ2v) is 10.4. The number of esters is 1. The zero-order valence-corrected chi connectivity index (χ0v) is 22.1. The molecule has 1 aliphatic rings. The van der Waals surface area contributed by atoms with Gasteiger partial charge < -0.3 is 25.0 Å². The lowest BCUT2D eigenvalue weighted by Crippen LogP contribution is -2.55. The number of aryl methyl sites for hydroxylation is 2. The minimum atomic E-state index is -0.970. The van der Waals surface area contributed by atoms with Gasteiger partial charge in [0.05, 0.1) is 7.11 Å². The van der Waals surface area contributed by atoms with E-state index in [0.29, 0.717) is 5.56 Å². The molecule has 2 unspecified atom stereocenters. The molecule has 0 spiro atoms. The Morgan fingerprint density at radius 1 is 1.11 bits per heavy atom. The average molecular weight is 490 g/mol. The maximum atomic E-state index is 13.9. The van der Waals surface area contributed by atoms with Gasteiger partial charge in [-0.15, -0.1) is 0 Å². The first-order valence-corrected chi connectivity index (χ1v) is 12.0. The number of alkyl carbamates (subject to hydrolysis) is 1. The van der Waals surface area contributed by atoms with Crippen molar-refractivity contribution >= 4 is 23.9 Å². The van der Waals surface area contributed by atoms with Gasteiger partial charge in [-0.05, 0) is 64.5 Å². The van der Waals surface area contributed by atoms with E-state index in [0.717, 1.165) is 24.0 Å². The number of rotatable bonds is 9. The topological polar surface area (TPSA) is 114 Å². The molecule has 9 heteroatoms. The SMILES string of the molecule is COC(=O)CNC(=O)C(c1ccc(C)cc1C)N(C(=O)C(NC(=O)OC(C)(C)C)C(C)C)C1CC1. The first-order valence-electron chi connectivity index (χ1n) is 12.0. The number of ether oxygens (including phenoxy) is 2. The normalized spacial score (nSPS) is 15.1. The Kier molecular flexibility index (Phi) is 9.29. The highest BCUT2D eigenvalue weighted by Crippen LogP contribution is 2.37. The summed E-state index contributed by atoms with van der Waals surface area (Å²) < 4.78 is 10.0. The highest BCUT2D eigenvalue weighted by atomic mass is 16.6. The molecule has 194 valence electrons. The minimum Gasteiger partial charge on any atom is -0.468 e. The highest BCUT2D eigenvalue weighted by Gasteiger charge is 2.45. The summed E-state index contributed by atoms with van der Waals surface area (Å²) in [6, 6.07) is 3.65. The van der Waals surface area contributed by atoms with Crippen LogP contribution in [0.4, 0.5) is 4.79 Å². The molecule has 0 saturated heterocycles. The van der Waals surface area contributed by atoms with Crippen LogP contribution in [-0.2, 0) is 23.9 Å². The van der Waals surface area contributed by atoms with Crippen molar-refractivity contribution in [3.8, 4) is 0 Å². The molecule has 1 aromatic rings. The summed E-state index contributed by atoms with van der Waals surface area (Å²) in [5.74, 6) is -1.70. The molecule has 0 aromatic heterocycles. The van der Waals surface area contributed by atoms with Gasteiger partial charge in [0.25, 0.3) is 0 Å². The van der Waals surface area contributed by atoms with E-state index >= 15 is 0 Å². The van der Waals surface area contributed by atoms with E-state index in [9.17, 15) is 19.2 Å². The van der Waals surface area contributed by atoms with Crippen LogP contribution in [0.3, 0.4) is 0 Å². The van der Waals surface area contributed by atoms with Crippen LogP contribution in [0.15, 0.2) is 18.2 Å². The first-order chi connectivity index (χ1) is 16.2. The predicted octanol–water partition coefficient (Wildman–Crippen LogP) is 3.17. The van der Waals surface area contributed by atoms with Crippen molar-refractivity contribution in [1.82, 2.24) is 15.5 Å². The number of nitrogens with zero attached hydrogens (tertiary/aromatic N) is 1. The molecular weight excluding hydrogens is 450 g/mol. The van der Waals surface area contributed by atoms with Gasteiger partial charge in [-0.3, -0.25) is 14.4 Å². The molecule has 0 aliphatic heterocycles. The molecule has 1 aliphatic carbocycles. The fourth-order valence-electron chi connectivity index (χ4n) is 3.86. The zero-order valence-electron chi connectivity index (χ0n) is 22.1. The maximum absolute atomic E-state index is 13.9. The number of hydrogen-bond acceptors (Lipinski definition) is 6. The summed E-state index contributed by atoms with van der Waals surface area (Å²) in [6.45, 7) is 12.4. The quantitative estimate of drug-likeness (QED) is 0.515. The third kappa shape index (κ3) is 7.97. The van der Waals surface area contributed by atoms with Crippen molar-refractivity contribution < 1.29 is 28.7 Å². The Balaban J connectivity index is 2.46. The van der Waals surface area contributed by atoms with E-state index in [-0.39, 0.29) is 24.4 Å². The number of carbonyl (C=O) groups is 4. The molecular formula is C26H39N3O6. The molecule has 35 heavy (non-hydrogen) atoms. The summed E-state index contributed by atoms with van der Waals surface area (Å²) in [7, 11) is 1.24. The second kappa shape index (κ2) is 11.6. The molecule has 2 atom stereocenters. The van der Waals surface area contributed by atoms with Crippen LogP contribution in [0.5, 0.6) is 0 Å². The van der Waals surface area contributed by atoms with E-state index in [1.54, 1.807) is 25.7 Å². The summed E-state index contributed by atoms with van der Waals surface area (Å²) in [4.78, 5) is 53.2. The molecule has 0 heterocycles. The lowest BCUT2D eigenvalue weighted by atomic mass is 9.95. The van der Waals surface area contributed by atoms with E-state index in [1.807, 2.05) is 45.9 Å². The number of benzene rings is 1. The van der Waals surface area contributed by atoms with Crippen molar-refractivity contribution in [1.29, 1.82) is 0 Å². The van der Waals surface area contributed by atoms with Crippen LogP contribution < -0.4 is 10.6 Å². The van der Waals surface area contributed by atoms with Crippen LogP contribution in [0.1, 0.15) is 70.2 Å². The van der Waals surface area contributed by atoms with Gasteiger partial charge in [0.2, 0.25) is 11.8 Å². The van der Waals surface area contributed by atoms with E-state index in [2.05, 4.69) is 15.4 Å². The van der Waals surface area contributed by atoms with Gasteiger partial charge in [-0.1, -0.05) is 37.6 Å². The van der Waals surface area contributed by atoms with Crippen molar-refractivity contribution in [3.63, 3.8) is 0 Å². The van der Waals surface area contributed by atoms with Crippen LogP contribution >= 0.6 is 0 Å². The summed E-state index contributed by atoms with van der Waals surface area (Å²) >= 11 is 0. The van der Waals surface area contributed by atoms with E-state index < -0.39 is 35.7 Å². The smallest absolute Gasteiger partial charge is 0.408 e.